The molecule has 0 aliphatic carbocycles. The Balaban J connectivity index is 2.04. The minimum Gasteiger partial charge on any atom is -0.315 e. The monoisotopic (exact) mass is 310 g/mol. The highest BCUT2D eigenvalue weighted by molar-refractivity contribution is 7.91. The van der Waals surface area contributed by atoms with Crippen molar-refractivity contribution in [3.05, 3.63) is 52.4 Å². The molecule has 0 amide bonds. The van der Waals surface area contributed by atoms with E-state index in [9.17, 15) is 8.42 Å². The lowest BCUT2D eigenvalue weighted by atomic mass is 10.2. The molecular weight excluding hydrogens is 292 g/mol. The molecule has 0 unspecified atom stereocenters. The molecule has 20 heavy (non-hydrogen) atoms. The molecule has 2 N–H and O–H groups in total. The van der Waals surface area contributed by atoms with E-state index < -0.39 is 10.0 Å². The van der Waals surface area contributed by atoms with Gasteiger partial charge in [-0.2, -0.15) is 0 Å². The lowest BCUT2D eigenvalue weighted by molar-refractivity contribution is 0.583. The van der Waals surface area contributed by atoms with Gasteiger partial charge in [0, 0.05) is 18.0 Å². The van der Waals surface area contributed by atoms with Crippen molar-refractivity contribution in [1.29, 1.82) is 0 Å². The first-order chi connectivity index (χ1) is 9.51. The van der Waals surface area contributed by atoms with Gasteiger partial charge >= 0.3 is 0 Å². The van der Waals surface area contributed by atoms with E-state index in [0.717, 1.165) is 16.0 Å². The maximum Gasteiger partial charge on any atom is 0.250 e. The third kappa shape index (κ3) is 3.89. The summed E-state index contributed by atoms with van der Waals surface area (Å²) in [7, 11) is -1.59. The van der Waals surface area contributed by atoms with Crippen molar-refractivity contribution in [2.45, 2.75) is 24.2 Å². The predicted molar refractivity (Wildman–Crippen MR) is 82.3 cm³/mol. The molecule has 1 heterocycles. The van der Waals surface area contributed by atoms with Gasteiger partial charge in [-0.15, -0.1) is 11.3 Å². The number of thiophene rings is 1. The van der Waals surface area contributed by atoms with Crippen LogP contribution in [0.3, 0.4) is 0 Å². The molecule has 0 aliphatic rings. The van der Waals surface area contributed by atoms with Crippen molar-refractivity contribution in [2.75, 3.05) is 7.05 Å². The van der Waals surface area contributed by atoms with Crippen LogP contribution in [0.1, 0.15) is 16.0 Å². The topological polar surface area (TPSA) is 58.2 Å². The van der Waals surface area contributed by atoms with E-state index in [1.54, 1.807) is 6.07 Å². The molecule has 6 heteroatoms. The summed E-state index contributed by atoms with van der Waals surface area (Å²) in [6, 6.07) is 11.3. The zero-order valence-electron chi connectivity index (χ0n) is 11.5. The summed E-state index contributed by atoms with van der Waals surface area (Å²) < 4.78 is 27.3. The van der Waals surface area contributed by atoms with E-state index in [2.05, 4.69) is 10.0 Å². The summed E-state index contributed by atoms with van der Waals surface area (Å²) in [6.07, 6.45) is 0. The molecule has 0 fully saturated rings. The van der Waals surface area contributed by atoms with Crippen LogP contribution in [0.5, 0.6) is 0 Å². The normalized spacial score (nSPS) is 11.7. The summed E-state index contributed by atoms with van der Waals surface area (Å²) in [6.45, 7) is 2.99. The molecule has 0 aliphatic heterocycles. The zero-order chi connectivity index (χ0) is 14.6. The Kier molecular flexibility index (Phi) is 4.93. The molecule has 2 rings (SSSR count). The van der Waals surface area contributed by atoms with E-state index in [-0.39, 0.29) is 0 Å². The Hall–Kier alpha value is -1.21. The largest absolute Gasteiger partial charge is 0.315 e. The van der Waals surface area contributed by atoms with Gasteiger partial charge in [0.25, 0.3) is 0 Å². The SMILES string of the molecule is CNCc1ccc(S(=O)(=O)NCc2ccc(C)cc2)s1. The number of nitrogens with one attached hydrogen (secondary N) is 2. The average molecular weight is 310 g/mol. The van der Waals surface area contributed by atoms with Crippen molar-refractivity contribution < 1.29 is 8.42 Å². The van der Waals surface area contributed by atoms with Crippen LogP contribution in [-0.4, -0.2) is 15.5 Å². The van der Waals surface area contributed by atoms with Crippen molar-refractivity contribution in [3.63, 3.8) is 0 Å². The van der Waals surface area contributed by atoms with Crippen LogP contribution in [0.15, 0.2) is 40.6 Å². The van der Waals surface area contributed by atoms with Crippen molar-refractivity contribution in [1.82, 2.24) is 10.0 Å². The number of rotatable bonds is 6. The maximum absolute atomic E-state index is 12.2. The molecule has 108 valence electrons. The zero-order valence-corrected chi connectivity index (χ0v) is 13.1. The Labute approximate surface area is 123 Å². The van der Waals surface area contributed by atoms with Gasteiger partial charge in [0.05, 0.1) is 0 Å². The van der Waals surface area contributed by atoms with Gasteiger partial charge in [0.15, 0.2) is 0 Å². The Morgan fingerprint density at radius 2 is 1.75 bits per heavy atom. The Bertz CT molecular complexity index is 661. The first-order valence-corrected chi connectivity index (χ1v) is 8.60. The molecule has 0 radical (unpaired) electrons. The minimum absolute atomic E-state index is 0.307. The second-order valence-electron chi connectivity index (χ2n) is 4.56. The summed E-state index contributed by atoms with van der Waals surface area (Å²) in [5.41, 5.74) is 2.11. The fourth-order valence-electron chi connectivity index (χ4n) is 1.73. The van der Waals surface area contributed by atoms with Crippen molar-refractivity contribution in [2.24, 2.45) is 0 Å². The van der Waals surface area contributed by atoms with E-state index in [4.69, 9.17) is 0 Å². The predicted octanol–water partition coefficient (Wildman–Crippen LogP) is 2.25. The third-order valence-corrected chi connectivity index (χ3v) is 5.82. The number of aryl methyl sites for hydroxylation is 1. The van der Waals surface area contributed by atoms with Gasteiger partial charge in [-0.25, -0.2) is 13.1 Å². The molecule has 0 spiro atoms. The van der Waals surface area contributed by atoms with Gasteiger partial charge in [0.1, 0.15) is 4.21 Å². The lowest BCUT2D eigenvalue weighted by Gasteiger charge is -2.05. The number of sulfonamides is 1. The van der Waals surface area contributed by atoms with Crippen LogP contribution in [-0.2, 0) is 23.1 Å². The smallest absolute Gasteiger partial charge is 0.250 e. The number of hydrogen-bond donors (Lipinski definition) is 2. The molecule has 1 aromatic carbocycles. The first kappa shape index (κ1) is 15.2. The first-order valence-electron chi connectivity index (χ1n) is 6.30. The molecule has 0 saturated carbocycles. The van der Waals surface area contributed by atoms with E-state index >= 15 is 0 Å². The van der Waals surface area contributed by atoms with Gasteiger partial charge in [-0.3, -0.25) is 0 Å². The quantitative estimate of drug-likeness (QED) is 0.860. The van der Waals surface area contributed by atoms with Gasteiger partial charge < -0.3 is 5.32 Å². The highest BCUT2D eigenvalue weighted by atomic mass is 32.2. The van der Waals surface area contributed by atoms with Crippen molar-refractivity contribution >= 4 is 21.4 Å². The number of benzene rings is 1. The van der Waals surface area contributed by atoms with Crippen LogP contribution in [0.25, 0.3) is 0 Å². The molecular formula is C14H18N2O2S2. The van der Waals surface area contributed by atoms with E-state index in [0.29, 0.717) is 17.3 Å². The summed E-state index contributed by atoms with van der Waals surface area (Å²) in [4.78, 5) is 1.00. The van der Waals surface area contributed by atoms with E-state index in [1.807, 2.05) is 44.3 Å². The van der Waals surface area contributed by atoms with Crippen LogP contribution >= 0.6 is 11.3 Å². The molecule has 1 aromatic heterocycles. The molecule has 0 bridgehead atoms. The Morgan fingerprint density at radius 1 is 1.05 bits per heavy atom. The standard InChI is InChI=1S/C14H18N2O2S2/c1-11-3-5-12(6-4-11)9-16-20(17,18)14-8-7-13(19-14)10-15-2/h3-8,15-16H,9-10H2,1-2H3. The maximum atomic E-state index is 12.2. The Morgan fingerprint density at radius 3 is 2.40 bits per heavy atom. The van der Waals surface area contributed by atoms with Crippen LogP contribution in [0.4, 0.5) is 0 Å². The minimum atomic E-state index is -3.43. The second-order valence-corrected chi connectivity index (χ2v) is 7.72. The molecule has 4 nitrogen and oxygen atoms in total. The molecule has 0 atom stereocenters. The van der Waals surface area contributed by atoms with Crippen LogP contribution in [0, 0.1) is 6.92 Å². The van der Waals surface area contributed by atoms with Crippen LogP contribution < -0.4 is 10.0 Å². The summed E-state index contributed by atoms with van der Waals surface area (Å²) in [5, 5.41) is 3.01. The van der Waals surface area contributed by atoms with E-state index in [1.165, 1.54) is 11.3 Å². The fourth-order valence-corrected chi connectivity index (χ4v) is 4.16. The summed E-state index contributed by atoms with van der Waals surface area (Å²) >= 11 is 1.29. The highest BCUT2D eigenvalue weighted by Crippen LogP contribution is 2.21. The van der Waals surface area contributed by atoms with Gasteiger partial charge in [-0.05, 0) is 31.7 Å². The average Bonchev–Trinajstić information content (AvgIpc) is 2.88. The molecule has 0 saturated heterocycles. The van der Waals surface area contributed by atoms with Crippen molar-refractivity contribution in [3.8, 4) is 0 Å². The lowest BCUT2D eigenvalue weighted by Crippen LogP contribution is -2.22. The molecule has 2 aromatic rings. The highest BCUT2D eigenvalue weighted by Gasteiger charge is 2.16. The van der Waals surface area contributed by atoms with Gasteiger partial charge in [0.2, 0.25) is 10.0 Å². The fraction of sp³-hybridized carbons (Fsp3) is 0.286. The summed E-state index contributed by atoms with van der Waals surface area (Å²) in [5.74, 6) is 0. The number of hydrogen-bond acceptors (Lipinski definition) is 4. The third-order valence-electron chi connectivity index (χ3n) is 2.84. The van der Waals surface area contributed by atoms with Crippen LogP contribution in [0.2, 0.25) is 0 Å². The van der Waals surface area contributed by atoms with Gasteiger partial charge in [-0.1, -0.05) is 29.8 Å². The second kappa shape index (κ2) is 6.49.